The summed E-state index contributed by atoms with van der Waals surface area (Å²) in [6.07, 6.45) is 0. The van der Waals surface area contributed by atoms with E-state index >= 15 is 0 Å². The largest absolute Gasteiger partial charge is 0.354 e. The fraction of sp³-hybridized carbons (Fsp3) is 0.700. The summed E-state index contributed by atoms with van der Waals surface area (Å²) < 4.78 is 0. The van der Waals surface area contributed by atoms with Gasteiger partial charge in [-0.3, -0.25) is 0 Å². The molecule has 0 radical (unpaired) electrons. The number of hydrogen-bond donors (Lipinski definition) is 0. The van der Waals surface area contributed by atoms with Gasteiger partial charge < -0.3 is 4.90 Å². The van der Waals surface area contributed by atoms with Gasteiger partial charge in [-0.1, -0.05) is 32.4 Å². The Morgan fingerprint density at radius 2 is 1.75 bits per heavy atom. The van der Waals surface area contributed by atoms with Gasteiger partial charge >= 0.3 is 0 Å². The third-order valence-electron chi connectivity index (χ3n) is 2.77. The topological polar surface area (TPSA) is 41.9 Å². The first-order valence-electron chi connectivity index (χ1n) is 5.02. The highest BCUT2D eigenvalue weighted by Gasteiger charge is 2.26. The molecule has 1 aromatic heterocycles. The van der Waals surface area contributed by atoms with Crippen molar-refractivity contribution in [2.45, 2.75) is 33.7 Å². The molecule has 1 heterocycles. The normalized spacial score (nSPS) is 13.7. The zero-order chi connectivity index (χ0) is 12.5. The standard InChI is InChI=1S/C10H16Cl2N4/c1-6(10(2,3)4)16(5)8-7(11)14-15-9(12)13-8/h6H,1-5H3. The molecule has 0 fully saturated rings. The SMILES string of the molecule is CC(N(C)c1nc(Cl)nnc1Cl)C(C)(C)C. The first-order chi connectivity index (χ1) is 7.23. The predicted molar refractivity (Wildman–Crippen MR) is 67.2 cm³/mol. The summed E-state index contributed by atoms with van der Waals surface area (Å²) in [6, 6.07) is 0.248. The van der Waals surface area contributed by atoms with Crippen LogP contribution in [-0.4, -0.2) is 28.3 Å². The second kappa shape index (κ2) is 4.72. The highest BCUT2D eigenvalue weighted by atomic mass is 35.5. The summed E-state index contributed by atoms with van der Waals surface area (Å²) in [5, 5.41) is 7.70. The Morgan fingerprint density at radius 1 is 1.19 bits per heavy atom. The van der Waals surface area contributed by atoms with Crippen molar-refractivity contribution in [1.29, 1.82) is 0 Å². The number of hydrogen-bond acceptors (Lipinski definition) is 4. The van der Waals surface area contributed by atoms with Crippen LogP contribution in [0.1, 0.15) is 27.7 Å². The molecule has 0 aromatic carbocycles. The van der Waals surface area contributed by atoms with E-state index in [9.17, 15) is 0 Å². The third kappa shape index (κ3) is 2.95. The molecule has 0 amide bonds. The van der Waals surface area contributed by atoms with Gasteiger partial charge in [0, 0.05) is 13.1 Å². The van der Waals surface area contributed by atoms with E-state index in [1.54, 1.807) is 0 Å². The minimum absolute atomic E-state index is 0.104. The summed E-state index contributed by atoms with van der Waals surface area (Å²) in [7, 11) is 1.92. The average Bonchev–Trinajstić information content (AvgIpc) is 2.18. The molecule has 16 heavy (non-hydrogen) atoms. The Morgan fingerprint density at radius 3 is 2.25 bits per heavy atom. The highest BCUT2D eigenvalue weighted by Crippen LogP contribution is 2.29. The van der Waals surface area contributed by atoms with Gasteiger partial charge in [0.15, 0.2) is 11.0 Å². The van der Waals surface area contributed by atoms with Crippen LogP contribution in [0, 0.1) is 5.41 Å². The minimum atomic E-state index is 0.104. The van der Waals surface area contributed by atoms with Crippen LogP contribution < -0.4 is 4.90 Å². The van der Waals surface area contributed by atoms with Crippen LogP contribution in [0.25, 0.3) is 0 Å². The maximum atomic E-state index is 5.95. The fourth-order valence-electron chi connectivity index (χ4n) is 1.27. The summed E-state index contributed by atoms with van der Waals surface area (Å²) in [6.45, 7) is 8.56. The van der Waals surface area contributed by atoms with E-state index in [4.69, 9.17) is 23.2 Å². The molecule has 0 bridgehead atoms. The molecule has 0 saturated carbocycles. The van der Waals surface area contributed by atoms with E-state index < -0.39 is 0 Å². The van der Waals surface area contributed by atoms with Gasteiger partial charge in [0.1, 0.15) is 0 Å². The van der Waals surface area contributed by atoms with E-state index in [0.717, 1.165) is 0 Å². The molecule has 0 saturated heterocycles. The molecular weight excluding hydrogens is 247 g/mol. The Labute approximate surface area is 106 Å². The van der Waals surface area contributed by atoms with Crippen LogP contribution in [-0.2, 0) is 0 Å². The summed E-state index contributed by atoms with van der Waals surface area (Å²) in [4.78, 5) is 6.05. The van der Waals surface area contributed by atoms with Crippen LogP contribution >= 0.6 is 23.2 Å². The van der Waals surface area contributed by atoms with Crippen LogP contribution in [0.3, 0.4) is 0 Å². The van der Waals surface area contributed by atoms with E-state index in [1.165, 1.54) is 0 Å². The maximum absolute atomic E-state index is 5.95. The van der Waals surface area contributed by atoms with Crippen LogP contribution in [0.5, 0.6) is 0 Å². The second-order valence-corrected chi connectivity index (χ2v) is 5.54. The molecule has 0 aliphatic carbocycles. The Bertz CT molecular complexity index is 376. The molecule has 1 aromatic rings. The number of halogens is 2. The molecule has 0 N–H and O–H groups in total. The zero-order valence-corrected chi connectivity index (χ0v) is 11.6. The van der Waals surface area contributed by atoms with Gasteiger partial charge in [0.25, 0.3) is 0 Å². The van der Waals surface area contributed by atoms with Gasteiger partial charge in [-0.2, -0.15) is 4.98 Å². The zero-order valence-electron chi connectivity index (χ0n) is 10.1. The lowest BCUT2D eigenvalue weighted by molar-refractivity contribution is 0.328. The van der Waals surface area contributed by atoms with Crippen molar-refractivity contribution in [3.63, 3.8) is 0 Å². The average molecular weight is 263 g/mol. The lowest BCUT2D eigenvalue weighted by Gasteiger charge is -2.36. The van der Waals surface area contributed by atoms with Crippen molar-refractivity contribution in [1.82, 2.24) is 15.2 Å². The number of nitrogens with zero attached hydrogens (tertiary/aromatic N) is 4. The van der Waals surface area contributed by atoms with Gasteiger partial charge in [0.05, 0.1) is 0 Å². The van der Waals surface area contributed by atoms with E-state index in [-0.39, 0.29) is 21.9 Å². The summed E-state index contributed by atoms with van der Waals surface area (Å²) in [5.74, 6) is 0.559. The highest BCUT2D eigenvalue weighted by molar-refractivity contribution is 6.32. The second-order valence-electron chi connectivity index (χ2n) is 4.85. The Kier molecular flexibility index (Phi) is 3.97. The Balaban J connectivity index is 3.05. The quantitative estimate of drug-likeness (QED) is 0.822. The van der Waals surface area contributed by atoms with Gasteiger partial charge in [-0.05, 0) is 23.9 Å². The smallest absolute Gasteiger partial charge is 0.245 e. The lowest BCUT2D eigenvalue weighted by Crippen LogP contribution is -2.40. The lowest BCUT2D eigenvalue weighted by atomic mass is 9.87. The first kappa shape index (κ1) is 13.5. The molecule has 1 unspecified atom stereocenters. The molecule has 0 spiro atoms. The number of rotatable bonds is 2. The molecule has 90 valence electrons. The van der Waals surface area contributed by atoms with Crippen LogP contribution in [0.2, 0.25) is 10.4 Å². The predicted octanol–water partition coefficient (Wildman–Crippen LogP) is 3.05. The molecule has 1 rings (SSSR count). The van der Waals surface area contributed by atoms with E-state index in [1.807, 2.05) is 11.9 Å². The van der Waals surface area contributed by atoms with Crippen molar-refractivity contribution in [3.05, 3.63) is 10.4 Å². The van der Waals surface area contributed by atoms with Crippen molar-refractivity contribution in [2.24, 2.45) is 5.41 Å². The third-order valence-corrected chi connectivity index (χ3v) is 3.18. The molecule has 0 aliphatic heterocycles. The summed E-state index contributed by atoms with van der Waals surface area (Å²) >= 11 is 11.7. The summed E-state index contributed by atoms with van der Waals surface area (Å²) in [5.41, 5.74) is 0.107. The van der Waals surface area contributed by atoms with E-state index in [0.29, 0.717) is 5.82 Å². The maximum Gasteiger partial charge on any atom is 0.245 e. The van der Waals surface area contributed by atoms with Gasteiger partial charge in [-0.15, -0.1) is 10.2 Å². The molecule has 1 atom stereocenters. The minimum Gasteiger partial charge on any atom is -0.354 e. The molecule has 4 nitrogen and oxygen atoms in total. The van der Waals surface area contributed by atoms with Crippen LogP contribution in [0.15, 0.2) is 0 Å². The van der Waals surface area contributed by atoms with Crippen molar-refractivity contribution in [3.8, 4) is 0 Å². The van der Waals surface area contributed by atoms with Crippen molar-refractivity contribution >= 4 is 29.0 Å². The molecule has 0 aliphatic rings. The number of aromatic nitrogens is 3. The molecular formula is C10H16Cl2N4. The van der Waals surface area contributed by atoms with Gasteiger partial charge in [0.2, 0.25) is 5.28 Å². The van der Waals surface area contributed by atoms with Crippen molar-refractivity contribution in [2.75, 3.05) is 11.9 Å². The van der Waals surface area contributed by atoms with E-state index in [2.05, 4.69) is 42.9 Å². The molecule has 6 heteroatoms. The van der Waals surface area contributed by atoms with Crippen molar-refractivity contribution < 1.29 is 0 Å². The number of anilines is 1. The first-order valence-corrected chi connectivity index (χ1v) is 5.77. The monoisotopic (exact) mass is 262 g/mol. The fourth-order valence-corrected chi connectivity index (χ4v) is 1.61. The van der Waals surface area contributed by atoms with Gasteiger partial charge in [-0.25, -0.2) is 0 Å². The Hall–Kier alpha value is -0.610. The van der Waals surface area contributed by atoms with Crippen LogP contribution in [0.4, 0.5) is 5.82 Å².